The molecule has 0 aliphatic heterocycles. The normalized spacial score (nSPS) is 11.1. The minimum Gasteiger partial charge on any atom is -0.481 e. The Hall–Kier alpha value is -2.93. The molecule has 0 fully saturated rings. The first kappa shape index (κ1) is 16.9. The largest absolute Gasteiger partial charge is 0.481 e. The van der Waals surface area contributed by atoms with Gasteiger partial charge in [-0.3, -0.25) is 4.72 Å². The van der Waals surface area contributed by atoms with Crippen LogP contribution in [-0.2, 0) is 10.0 Å². The molecule has 1 aromatic carbocycles. The first-order valence-electron chi connectivity index (χ1n) is 7.55. The number of nitrogens with one attached hydrogen (secondary N) is 1. The monoisotopic (exact) mass is 355 g/mol. The van der Waals surface area contributed by atoms with Crippen molar-refractivity contribution in [3.8, 4) is 17.0 Å². The number of hydrogen-bond acceptors (Lipinski definition) is 5. The van der Waals surface area contributed by atoms with E-state index in [0.29, 0.717) is 11.7 Å². The van der Waals surface area contributed by atoms with E-state index < -0.39 is 10.0 Å². The van der Waals surface area contributed by atoms with Gasteiger partial charge in [-0.15, -0.1) is 0 Å². The second-order valence-corrected chi connectivity index (χ2v) is 7.07. The Morgan fingerprint density at radius 1 is 0.960 bits per heavy atom. The van der Waals surface area contributed by atoms with Gasteiger partial charge in [-0.2, -0.15) is 0 Å². The number of hydrogen-bond donors (Lipinski definition) is 1. The zero-order valence-corrected chi connectivity index (χ0v) is 14.6. The predicted octanol–water partition coefficient (Wildman–Crippen LogP) is 3.26. The third-order valence-electron chi connectivity index (χ3n) is 3.57. The van der Waals surface area contributed by atoms with E-state index in [-0.39, 0.29) is 4.90 Å². The van der Waals surface area contributed by atoms with Crippen LogP contribution >= 0.6 is 0 Å². The van der Waals surface area contributed by atoms with Crippen molar-refractivity contribution >= 4 is 15.8 Å². The number of ether oxygens (including phenoxy) is 1. The molecule has 2 aromatic heterocycles. The number of aromatic nitrogens is 2. The second kappa shape index (κ2) is 6.90. The lowest BCUT2D eigenvalue weighted by Gasteiger charge is -2.09. The first-order chi connectivity index (χ1) is 12.0. The van der Waals surface area contributed by atoms with E-state index in [1.54, 1.807) is 68.8 Å². The quantitative estimate of drug-likeness (QED) is 0.760. The standard InChI is InChI=1S/C18H17N3O3S/c1-13-4-3-5-17(20-13)21-25(22,23)16-9-6-14(7-10-16)15-8-11-18(24-2)19-12-15/h3-12H,1-2H3,(H,20,21). The fourth-order valence-corrected chi connectivity index (χ4v) is 3.30. The van der Waals surface area contributed by atoms with Gasteiger partial charge in [0, 0.05) is 23.5 Å². The number of pyridine rings is 2. The van der Waals surface area contributed by atoms with Crippen molar-refractivity contribution in [3.05, 3.63) is 66.5 Å². The molecule has 7 heteroatoms. The molecule has 0 radical (unpaired) electrons. The van der Waals surface area contributed by atoms with Crippen LogP contribution in [0.4, 0.5) is 5.82 Å². The number of benzene rings is 1. The first-order valence-corrected chi connectivity index (χ1v) is 9.03. The van der Waals surface area contributed by atoms with E-state index in [0.717, 1.165) is 16.8 Å². The summed E-state index contributed by atoms with van der Waals surface area (Å²) in [5, 5.41) is 0. The van der Waals surface area contributed by atoms with Crippen LogP contribution < -0.4 is 9.46 Å². The fraction of sp³-hybridized carbons (Fsp3) is 0.111. The Bertz CT molecular complexity index is 969. The van der Waals surface area contributed by atoms with Gasteiger partial charge in [-0.25, -0.2) is 18.4 Å². The highest BCUT2D eigenvalue weighted by atomic mass is 32.2. The Morgan fingerprint density at radius 2 is 1.68 bits per heavy atom. The van der Waals surface area contributed by atoms with Gasteiger partial charge in [0.05, 0.1) is 12.0 Å². The van der Waals surface area contributed by atoms with Crippen LogP contribution in [0.25, 0.3) is 11.1 Å². The highest BCUT2D eigenvalue weighted by molar-refractivity contribution is 7.92. The number of rotatable bonds is 5. The van der Waals surface area contributed by atoms with Crippen molar-refractivity contribution in [2.24, 2.45) is 0 Å². The lowest BCUT2D eigenvalue weighted by molar-refractivity contribution is 0.398. The number of nitrogens with zero attached hydrogens (tertiary/aromatic N) is 2. The number of methoxy groups -OCH3 is 1. The van der Waals surface area contributed by atoms with E-state index >= 15 is 0 Å². The van der Waals surface area contributed by atoms with Gasteiger partial charge in [-0.05, 0) is 42.8 Å². The van der Waals surface area contributed by atoms with E-state index in [4.69, 9.17) is 4.74 Å². The Balaban J connectivity index is 1.83. The number of anilines is 1. The van der Waals surface area contributed by atoms with Crippen LogP contribution in [0.3, 0.4) is 0 Å². The predicted molar refractivity (Wildman–Crippen MR) is 96.0 cm³/mol. The number of sulfonamides is 1. The summed E-state index contributed by atoms with van der Waals surface area (Å²) in [6.45, 7) is 1.80. The molecule has 0 aliphatic rings. The topological polar surface area (TPSA) is 81.2 Å². The highest BCUT2D eigenvalue weighted by Gasteiger charge is 2.15. The van der Waals surface area contributed by atoms with Crippen molar-refractivity contribution in [2.75, 3.05) is 11.8 Å². The summed E-state index contributed by atoms with van der Waals surface area (Å²) in [6.07, 6.45) is 1.68. The van der Waals surface area contributed by atoms with Crippen LogP contribution in [-0.4, -0.2) is 25.5 Å². The molecule has 0 spiro atoms. The van der Waals surface area contributed by atoms with E-state index in [9.17, 15) is 8.42 Å². The Morgan fingerprint density at radius 3 is 2.28 bits per heavy atom. The van der Waals surface area contributed by atoms with Crippen LogP contribution in [0, 0.1) is 6.92 Å². The average Bonchev–Trinajstić information content (AvgIpc) is 2.61. The molecule has 0 unspecified atom stereocenters. The zero-order chi connectivity index (χ0) is 17.9. The lowest BCUT2D eigenvalue weighted by atomic mass is 10.1. The molecule has 25 heavy (non-hydrogen) atoms. The molecule has 2 heterocycles. The fourth-order valence-electron chi connectivity index (χ4n) is 2.29. The van der Waals surface area contributed by atoms with Gasteiger partial charge in [0.15, 0.2) is 0 Å². The van der Waals surface area contributed by atoms with E-state index in [1.165, 1.54) is 0 Å². The maximum absolute atomic E-state index is 12.5. The third kappa shape index (κ3) is 3.95. The van der Waals surface area contributed by atoms with Crippen molar-refractivity contribution in [3.63, 3.8) is 0 Å². The smallest absolute Gasteiger partial charge is 0.263 e. The molecule has 128 valence electrons. The van der Waals surface area contributed by atoms with Crippen LogP contribution in [0.15, 0.2) is 65.7 Å². The Kier molecular flexibility index (Phi) is 4.67. The summed E-state index contributed by atoms with van der Waals surface area (Å²) in [5.74, 6) is 0.821. The van der Waals surface area contributed by atoms with Crippen LogP contribution in [0.1, 0.15) is 5.69 Å². The maximum atomic E-state index is 12.5. The van der Waals surface area contributed by atoms with Gasteiger partial charge in [0.25, 0.3) is 10.0 Å². The maximum Gasteiger partial charge on any atom is 0.263 e. The summed E-state index contributed by atoms with van der Waals surface area (Å²) in [4.78, 5) is 8.47. The molecule has 6 nitrogen and oxygen atoms in total. The molecule has 3 aromatic rings. The van der Waals surface area contributed by atoms with Crippen LogP contribution in [0.2, 0.25) is 0 Å². The zero-order valence-electron chi connectivity index (χ0n) is 13.8. The molecule has 1 N–H and O–H groups in total. The van der Waals surface area contributed by atoms with Gasteiger partial charge in [0.2, 0.25) is 5.88 Å². The van der Waals surface area contributed by atoms with Gasteiger partial charge in [-0.1, -0.05) is 18.2 Å². The Labute approximate surface area is 146 Å². The summed E-state index contributed by atoms with van der Waals surface area (Å²) >= 11 is 0. The summed E-state index contributed by atoms with van der Waals surface area (Å²) in [6, 6.07) is 15.4. The summed E-state index contributed by atoms with van der Waals surface area (Å²) < 4.78 is 32.4. The van der Waals surface area contributed by atoms with Crippen molar-refractivity contribution in [1.82, 2.24) is 9.97 Å². The number of aryl methyl sites for hydroxylation is 1. The van der Waals surface area contributed by atoms with Crippen molar-refractivity contribution in [1.29, 1.82) is 0 Å². The van der Waals surface area contributed by atoms with Gasteiger partial charge in [0.1, 0.15) is 5.82 Å². The third-order valence-corrected chi connectivity index (χ3v) is 4.94. The highest BCUT2D eigenvalue weighted by Crippen LogP contribution is 2.23. The van der Waals surface area contributed by atoms with E-state index in [1.807, 2.05) is 6.07 Å². The van der Waals surface area contributed by atoms with Gasteiger partial charge < -0.3 is 4.74 Å². The van der Waals surface area contributed by atoms with Gasteiger partial charge >= 0.3 is 0 Å². The summed E-state index contributed by atoms with van der Waals surface area (Å²) in [5.41, 5.74) is 2.48. The molecular formula is C18H17N3O3S. The second-order valence-electron chi connectivity index (χ2n) is 5.38. The summed E-state index contributed by atoms with van der Waals surface area (Å²) in [7, 11) is -2.13. The van der Waals surface area contributed by atoms with E-state index in [2.05, 4.69) is 14.7 Å². The molecule has 3 rings (SSSR count). The molecule has 0 amide bonds. The minimum absolute atomic E-state index is 0.168. The van der Waals surface area contributed by atoms with Crippen molar-refractivity contribution < 1.29 is 13.2 Å². The molecular weight excluding hydrogens is 338 g/mol. The lowest BCUT2D eigenvalue weighted by Crippen LogP contribution is -2.14. The SMILES string of the molecule is COc1ccc(-c2ccc(S(=O)(=O)Nc3cccc(C)n3)cc2)cn1. The molecule has 0 aliphatic carbocycles. The molecule has 0 atom stereocenters. The van der Waals surface area contributed by atoms with Crippen LogP contribution in [0.5, 0.6) is 5.88 Å². The minimum atomic E-state index is -3.69. The van der Waals surface area contributed by atoms with Crippen molar-refractivity contribution in [2.45, 2.75) is 11.8 Å². The average molecular weight is 355 g/mol. The molecule has 0 saturated heterocycles. The molecule has 0 bridgehead atoms. The molecule has 0 saturated carbocycles.